The Balaban J connectivity index is 1.96. The van der Waals surface area contributed by atoms with Crippen LogP contribution in [0.15, 0.2) is 18.2 Å². The molecule has 2 rings (SSSR count). The third kappa shape index (κ3) is 2.90. The topological polar surface area (TPSA) is 34.1 Å². The second-order valence-electron chi connectivity index (χ2n) is 4.98. The van der Waals surface area contributed by atoms with Crippen LogP contribution >= 0.6 is 0 Å². The van der Waals surface area contributed by atoms with Crippen molar-refractivity contribution in [2.24, 2.45) is 5.41 Å². The van der Waals surface area contributed by atoms with E-state index in [1.807, 2.05) is 18.2 Å². The highest BCUT2D eigenvalue weighted by molar-refractivity contribution is 5.37. The molecule has 0 bridgehead atoms. The number of pyridine rings is 1. The summed E-state index contributed by atoms with van der Waals surface area (Å²) in [4.78, 5) is 4.38. The van der Waals surface area contributed by atoms with E-state index in [0.717, 1.165) is 12.4 Å². The first-order valence-electron chi connectivity index (χ1n) is 6.53. The SMILES string of the molecule is CCC1(CNc2cccc(OC)n2)CCCC1. The van der Waals surface area contributed by atoms with Crippen LogP contribution in [0, 0.1) is 5.41 Å². The molecule has 0 unspecified atom stereocenters. The minimum atomic E-state index is 0.491. The minimum absolute atomic E-state index is 0.491. The van der Waals surface area contributed by atoms with Gasteiger partial charge in [-0.1, -0.05) is 25.8 Å². The van der Waals surface area contributed by atoms with Crippen LogP contribution in [-0.2, 0) is 0 Å². The van der Waals surface area contributed by atoms with Gasteiger partial charge in [0.05, 0.1) is 7.11 Å². The number of hydrogen-bond acceptors (Lipinski definition) is 3. The second kappa shape index (κ2) is 5.39. The zero-order chi connectivity index (χ0) is 12.1. The zero-order valence-corrected chi connectivity index (χ0v) is 10.8. The summed E-state index contributed by atoms with van der Waals surface area (Å²) in [6.07, 6.45) is 6.70. The van der Waals surface area contributed by atoms with Gasteiger partial charge < -0.3 is 10.1 Å². The van der Waals surface area contributed by atoms with Crippen molar-refractivity contribution in [3.05, 3.63) is 18.2 Å². The summed E-state index contributed by atoms with van der Waals surface area (Å²) in [5, 5.41) is 3.46. The Kier molecular flexibility index (Phi) is 3.87. The molecule has 0 atom stereocenters. The monoisotopic (exact) mass is 234 g/mol. The first-order valence-corrected chi connectivity index (χ1v) is 6.53. The lowest BCUT2D eigenvalue weighted by Gasteiger charge is -2.27. The lowest BCUT2D eigenvalue weighted by molar-refractivity contribution is 0.306. The molecule has 1 aliphatic rings. The van der Waals surface area contributed by atoms with Gasteiger partial charge in [0.1, 0.15) is 5.82 Å². The first-order chi connectivity index (χ1) is 8.28. The normalized spacial score (nSPS) is 18.0. The number of aromatic nitrogens is 1. The maximum atomic E-state index is 5.13. The van der Waals surface area contributed by atoms with Crippen molar-refractivity contribution in [3.63, 3.8) is 0 Å². The van der Waals surface area contributed by atoms with Crippen molar-refractivity contribution in [2.45, 2.75) is 39.0 Å². The molecule has 3 heteroatoms. The molecule has 0 radical (unpaired) electrons. The molecule has 0 amide bonds. The second-order valence-corrected chi connectivity index (χ2v) is 4.98. The maximum absolute atomic E-state index is 5.13. The van der Waals surface area contributed by atoms with E-state index < -0.39 is 0 Å². The quantitative estimate of drug-likeness (QED) is 0.847. The van der Waals surface area contributed by atoms with E-state index in [1.54, 1.807) is 7.11 Å². The molecule has 0 aliphatic heterocycles. The number of nitrogens with one attached hydrogen (secondary N) is 1. The summed E-state index contributed by atoms with van der Waals surface area (Å²) in [5.74, 6) is 1.59. The Morgan fingerprint density at radius 1 is 1.35 bits per heavy atom. The van der Waals surface area contributed by atoms with Gasteiger partial charge in [-0.3, -0.25) is 0 Å². The molecule has 1 saturated carbocycles. The van der Waals surface area contributed by atoms with E-state index in [4.69, 9.17) is 4.74 Å². The Hall–Kier alpha value is -1.25. The summed E-state index contributed by atoms with van der Waals surface area (Å²) in [6.45, 7) is 3.33. The van der Waals surface area contributed by atoms with E-state index in [-0.39, 0.29) is 0 Å². The van der Waals surface area contributed by atoms with E-state index in [2.05, 4.69) is 17.2 Å². The molecule has 17 heavy (non-hydrogen) atoms. The number of hydrogen-bond donors (Lipinski definition) is 1. The summed E-state index contributed by atoms with van der Waals surface area (Å²) >= 11 is 0. The van der Waals surface area contributed by atoms with Crippen LogP contribution in [0.25, 0.3) is 0 Å². The number of nitrogens with zero attached hydrogens (tertiary/aromatic N) is 1. The number of methoxy groups -OCH3 is 1. The lowest BCUT2D eigenvalue weighted by Crippen LogP contribution is -2.26. The van der Waals surface area contributed by atoms with Crippen LogP contribution in [0.1, 0.15) is 39.0 Å². The highest BCUT2D eigenvalue weighted by Crippen LogP contribution is 2.40. The van der Waals surface area contributed by atoms with Crippen LogP contribution in [0.3, 0.4) is 0 Å². The summed E-state index contributed by atoms with van der Waals surface area (Å²) in [6, 6.07) is 5.85. The summed E-state index contributed by atoms with van der Waals surface area (Å²) in [5.41, 5.74) is 0.491. The van der Waals surface area contributed by atoms with E-state index >= 15 is 0 Å². The van der Waals surface area contributed by atoms with Crippen molar-refractivity contribution in [1.82, 2.24) is 4.98 Å². The van der Waals surface area contributed by atoms with Crippen LogP contribution in [0.4, 0.5) is 5.82 Å². The molecule has 1 fully saturated rings. The molecule has 0 spiro atoms. The average molecular weight is 234 g/mol. The Morgan fingerprint density at radius 3 is 2.76 bits per heavy atom. The standard InChI is InChI=1S/C14H22N2O/c1-3-14(9-4-5-10-14)11-15-12-7-6-8-13(16-12)17-2/h6-8H,3-5,9-11H2,1-2H3,(H,15,16). The predicted octanol–water partition coefficient (Wildman–Crippen LogP) is 3.47. The van der Waals surface area contributed by atoms with E-state index in [0.29, 0.717) is 11.3 Å². The van der Waals surface area contributed by atoms with Crippen molar-refractivity contribution in [3.8, 4) is 5.88 Å². The van der Waals surface area contributed by atoms with Crippen molar-refractivity contribution in [2.75, 3.05) is 19.0 Å². The highest BCUT2D eigenvalue weighted by Gasteiger charge is 2.31. The molecule has 0 aromatic carbocycles. The molecule has 1 heterocycles. The fraction of sp³-hybridized carbons (Fsp3) is 0.643. The smallest absolute Gasteiger partial charge is 0.214 e. The average Bonchev–Trinajstić information content (AvgIpc) is 2.86. The van der Waals surface area contributed by atoms with Crippen LogP contribution in [0.2, 0.25) is 0 Å². The first kappa shape index (κ1) is 12.2. The molecular formula is C14H22N2O. The van der Waals surface area contributed by atoms with Gasteiger partial charge in [-0.05, 0) is 30.7 Å². The zero-order valence-electron chi connectivity index (χ0n) is 10.8. The molecule has 1 aliphatic carbocycles. The van der Waals surface area contributed by atoms with E-state index in [9.17, 15) is 0 Å². The largest absolute Gasteiger partial charge is 0.481 e. The summed E-state index contributed by atoms with van der Waals surface area (Å²) < 4.78 is 5.13. The van der Waals surface area contributed by atoms with Crippen molar-refractivity contribution in [1.29, 1.82) is 0 Å². The lowest BCUT2D eigenvalue weighted by atomic mass is 9.83. The van der Waals surface area contributed by atoms with Gasteiger partial charge in [-0.15, -0.1) is 0 Å². The molecule has 3 nitrogen and oxygen atoms in total. The van der Waals surface area contributed by atoms with Crippen molar-refractivity contribution < 1.29 is 4.74 Å². The fourth-order valence-electron chi connectivity index (χ4n) is 2.69. The van der Waals surface area contributed by atoms with Gasteiger partial charge in [-0.25, -0.2) is 0 Å². The summed E-state index contributed by atoms with van der Waals surface area (Å²) in [7, 11) is 1.65. The van der Waals surface area contributed by atoms with Crippen LogP contribution in [-0.4, -0.2) is 18.6 Å². The molecule has 94 valence electrons. The van der Waals surface area contributed by atoms with Gasteiger partial charge in [0, 0.05) is 12.6 Å². The van der Waals surface area contributed by atoms with Gasteiger partial charge in [0.15, 0.2) is 0 Å². The number of anilines is 1. The van der Waals surface area contributed by atoms with Gasteiger partial charge in [0.2, 0.25) is 5.88 Å². The van der Waals surface area contributed by atoms with Crippen LogP contribution < -0.4 is 10.1 Å². The van der Waals surface area contributed by atoms with Crippen LogP contribution in [0.5, 0.6) is 5.88 Å². The van der Waals surface area contributed by atoms with Gasteiger partial charge >= 0.3 is 0 Å². The van der Waals surface area contributed by atoms with Crippen molar-refractivity contribution >= 4 is 5.82 Å². The fourth-order valence-corrected chi connectivity index (χ4v) is 2.69. The minimum Gasteiger partial charge on any atom is -0.481 e. The Morgan fingerprint density at radius 2 is 2.12 bits per heavy atom. The van der Waals surface area contributed by atoms with Gasteiger partial charge in [-0.2, -0.15) is 4.98 Å². The molecule has 1 N–H and O–H groups in total. The third-order valence-electron chi connectivity index (χ3n) is 3.99. The predicted molar refractivity (Wildman–Crippen MR) is 70.5 cm³/mol. The number of ether oxygens (including phenoxy) is 1. The highest BCUT2D eigenvalue weighted by atomic mass is 16.5. The maximum Gasteiger partial charge on any atom is 0.214 e. The molecule has 0 saturated heterocycles. The Bertz CT molecular complexity index is 359. The third-order valence-corrected chi connectivity index (χ3v) is 3.99. The molecular weight excluding hydrogens is 212 g/mol. The molecule has 1 aromatic rings. The van der Waals surface area contributed by atoms with Gasteiger partial charge in [0.25, 0.3) is 0 Å². The van der Waals surface area contributed by atoms with E-state index in [1.165, 1.54) is 32.1 Å². The Labute approximate surface area is 104 Å². The number of rotatable bonds is 5. The molecule has 1 aromatic heterocycles.